The number of hydrogen-bond acceptors (Lipinski definition) is 3. The molecule has 3 rings (SSSR count). The van der Waals surface area contributed by atoms with Crippen molar-refractivity contribution < 1.29 is 9.47 Å². The third kappa shape index (κ3) is 2.35. The predicted octanol–water partition coefficient (Wildman–Crippen LogP) is 3.33. The van der Waals surface area contributed by atoms with E-state index in [0.29, 0.717) is 10.8 Å². The second-order valence-electron chi connectivity index (χ2n) is 4.84. The Balaban J connectivity index is 1.92. The molecule has 1 unspecified atom stereocenters. The number of methoxy groups -OCH3 is 1. The molecular weight excluding hydrogens is 274 g/mol. The summed E-state index contributed by atoms with van der Waals surface area (Å²) in [5, 5.41) is 0.574. The zero-order valence-electron chi connectivity index (χ0n) is 11.2. The van der Waals surface area contributed by atoms with E-state index in [1.165, 1.54) is 5.56 Å². The van der Waals surface area contributed by atoms with E-state index in [9.17, 15) is 0 Å². The second-order valence-corrected chi connectivity index (χ2v) is 5.24. The van der Waals surface area contributed by atoms with Crippen LogP contribution in [0.1, 0.15) is 22.7 Å². The normalized spacial score (nSPS) is 14.6. The van der Waals surface area contributed by atoms with Gasteiger partial charge in [0.15, 0.2) is 0 Å². The van der Waals surface area contributed by atoms with Crippen molar-refractivity contribution in [2.75, 3.05) is 13.7 Å². The number of rotatable bonds is 3. The van der Waals surface area contributed by atoms with Crippen molar-refractivity contribution in [1.29, 1.82) is 0 Å². The summed E-state index contributed by atoms with van der Waals surface area (Å²) in [4.78, 5) is 0. The molecular formula is C16H16ClNO2. The molecule has 0 amide bonds. The van der Waals surface area contributed by atoms with E-state index in [0.717, 1.165) is 29.9 Å². The average Bonchev–Trinajstić information content (AvgIpc) is 2.93. The largest absolute Gasteiger partial charge is 0.495 e. The fourth-order valence-corrected chi connectivity index (χ4v) is 2.73. The van der Waals surface area contributed by atoms with Gasteiger partial charge < -0.3 is 15.2 Å². The molecule has 1 heterocycles. The molecule has 1 atom stereocenters. The molecule has 20 heavy (non-hydrogen) atoms. The lowest BCUT2D eigenvalue weighted by atomic mass is 9.97. The van der Waals surface area contributed by atoms with Crippen LogP contribution in [0, 0.1) is 0 Å². The molecule has 2 aromatic carbocycles. The summed E-state index contributed by atoms with van der Waals surface area (Å²) >= 11 is 6.15. The lowest BCUT2D eigenvalue weighted by Gasteiger charge is -2.15. The maximum absolute atomic E-state index is 6.33. The third-order valence-electron chi connectivity index (χ3n) is 3.61. The van der Waals surface area contributed by atoms with Gasteiger partial charge in [-0.3, -0.25) is 0 Å². The fraction of sp³-hybridized carbons (Fsp3) is 0.250. The van der Waals surface area contributed by atoms with E-state index in [1.807, 2.05) is 30.3 Å². The van der Waals surface area contributed by atoms with Crippen LogP contribution in [0.4, 0.5) is 0 Å². The average molecular weight is 290 g/mol. The number of benzene rings is 2. The van der Waals surface area contributed by atoms with E-state index >= 15 is 0 Å². The summed E-state index contributed by atoms with van der Waals surface area (Å²) in [6, 6.07) is 11.5. The van der Waals surface area contributed by atoms with Crippen LogP contribution in [0.25, 0.3) is 0 Å². The minimum atomic E-state index is -0.204. The van der Waals surface area contributed by atoms with Crippen molar-refractivity contribution in [1.82, 2.24) is 0 Å². The topological polar surface area (TPSA) is 44.5 Å². The summed E-state index contributed by atoms with van der Waals surface area (Å²) in [6.07, 6.45) is 0.944. The molecule has 1 aliphatic heterocycles. The molecule has 0 aromatic heterocycles. The molecule has 0 saturated carbocycles. The summed E-state index contributed by atoms with van der Waals surface area (Å²) in [5.74, 6) is 1.62. The Bertz CT molecular complexity index is 642. The van der Waals surface area contributed by atoms with E-state index in [2.05, 4.69) is 6.07 Å². The number of ether oxygens (including phenoxy) is 2. The van der Waals surface area contributed by atoms with Crippen molar-refractivity contribution in [3.8, 4) is 11.5 Å². The highest BCUT2D eigenvalue weighted by Crippen LogP contribution is 2.32. The third-order valence-corrected chi connectivity index (χ3v) is 3.90. The van der Waals surface area contributed by atoms with E-state index in [4.69, 9.17) is 26.8 Å². The zero-order valence-corrected chi connectivity index (χ0v) is 12.0. The van der Waals surface area contributed by atoms with E-state index in [1.54, 1.807) is 7.11 Å². The summed E-state index contributed by atoms with van der Waals surface area (Å²) in [6.45, 7) is 0.752. The summed E-state index contributed by atoms with van der Waals surface area (Å²) in [5.41, 5.74) is 9.58. The smallest absolute Gasteiger partial charge is 0.137 e. The van der Waals surface area contributed by atoms with Crippen molar-refractivity contribution in [2.24, 2.45) is 5.73 Å². The maximum atomic E-state index is 6.33. The summed E-state index contributed by atoms with van der Waals surface area (Å²) in [7, 11) is 1.60. The predicted molar refractivity (Wildman–Crippen MR) is 79.7 cm³/mol. The molecule has 0 saturated heterocycles. The van der Waals surface area contributed by atoms with Crippen molar-refractivity contribution in [3.05, 3.63) is 58.1 Å². The minimum absolute atomic E-state index is 0.204. The lowest BCUT2D eigenvalue weighted by Crippen LogP contribution is -2.12. The van der Waals surface area contributed by atoms with Gasteiger partial charge in [0.2, 0.25) is 0 Å². The van der Waals surface area contributed by atoms with Crippen molar-refractivity contribution in [3.63, 3.8) is 0 Å². The van der Waals surface area contributed by atoms with Gasteiger partial charge in [-0.15, -0.1) is 0 Å². The monoisotopic (exact) mass is 289 g/mol. The van der Waals surface area contributed by atoms with Gasteiger partial charge in [-0.25, -0.2) is 0 Å². The Hall–Kier alpha value is -1.71. The summed E-state index contributed by atoms with van der Waals surface area (Å²) < 4.78 is 10.7. The number of nitrogens with two attached hydrogens (primary N) is 1. The van der Waals surface area contributed by atoms with Crippen molar-refractivity contribution in [2.45, 2.75) is 12.5 Å². The molecule has 0 radical (unpaired) electrons. The molecule has 0 bridgehead atoms. The zero-order chi connectivity index (χ0) is 14.1. The lowest BCUT2D eigenvalue weighted by molar-refractivity contribution is 0.357. The first-order chi connectivity index (χ1) is 9.69. The van der Waals surface area contributed by atoms with Crippen LogP contribution >= 0.6 is 11.6 Å². The fourth-order valence-electron chi connectivity index (χ4n) is 2.47. The minimum Gasteiger partial charge on any atom is -0.495 e. The Labute approximate surface area is 123 Å². The first-order valence-electron chi connectivity index (χ1n) is 6.53. The molecule has 104 valence electrons. The molecule has 3 nitrogen and oxygen atoms in total. The highest BCUT2D eigenvalue weighted by Gasteiger charge is 2.16. The molecule has 4 heteroatoms. The SMILES string of the molecule is COc1ccc(C(N)c2ccc3c(c2)CCO3)cc1Cl. The van der Waals surface area contributed by atoms with Gasteiger partial charge >= 0.3 is 0 Å². The van der Waals surface area contributed by atoms with Gasteiger partial charge in [-0.2, -0.15) is 0 Å². The van der Waals surface area contributed by atoms with Crippen LogP contribution < -0.4 is 15.2 Å². The van der Waals surface area contributed by atoms with Gasteiger partial charge in [-0.1, -0.05) is 29.8 Å². The van der Waals surface area contributed by atoms with Crippen LogP contribution in [0.2, 0.25) is 5.02 Å². The van der Waals surface area contributed by atoms with Gasteiger partial charge in [-0.05, 0) is 34.9 Å². The highest BCUT2D eigenvalue weighted by atomic mass is 35.5. The first kappa shape index (κ1) is 13.3. The second kappa shape index (κ2) is 5.35. The Morgan fingerprint density at radius 3 is 2.70 bits per heavy atom. The van der Waals surface area contributed by atoms with Crippen LogP contribution in [0.3, 0.4) is 0 Å². The molecule has 1 aliphatic rings. The Kier molecular flexibility index (Phi) is 3.55. The molecule has 0 spiro atoms. The standard InChI is InChI=1S/C16H16ClNO2/c1-19-15-5-3-12(9-13(15)17)16(18)11-2-4-14-10(8-11)6-7-20-14/h2-5,8-9,16H,6-7,18H2,1H3. The molecule has 0 fully saturated rings. The maximum Gasteiger partial charge on any atom is 0.137 e. The van der Waals surface area contributed by atoms with Gasteiger partial charge in [0.05, 0.1) is 24.8 Å². The van der Waals surface area contributed by atoms with E-state index in [-0.39, 0.29) is 6.04 Å². The molecule has 2 N–H and O–H groups in total. The van der Waals surface area contributed by atoms with E-state index < -0.39 is 0 Å². The quantitative estimate of drug-likeness (QED) is 0.942. The first-order valence-corrected chi connectivity index (χ1v) is 6.91. The van der Waals surface area contributed by atoms with Gasteiger partial charge in [0, 0.05) is 6.42 Å². The highest BCUT2D eigenvalue weighted by molar-refractivity contribution is 6.32. The Morgan fingerprint density at radius 1 is 1.20 bits per heavy atom. The number of hydrogen-bond donors (Lipinski definition) is 1. The Morgan fingerprint density at radius 2 is 1.95 bits per heavy atom. The van der Waals surface area contributed by atoms with Gasteiger partial charge in [0.1, 0.15) is 11.5 Å². The van der Waals surface area contributed by atoms with Crippen LogP contribution in [-0.2, 0) is 6.42 Å². The van der Waals surface area contributed by atoms with Crippen molar-refractivity contribution >= 4 is 11.6 Å². The van der Waals surface area contributed by atoms with Crippen LogP contribution in [0.15, 0.2) is 36.4 Å². The molecule has 2 aromatic rings. The van der Waals surface area contributed by atoms with Crippen LogP contribution in [0.5, 0.6) is 11.5 Å². The molecule has 0 aliphatic carbocycles. The number of fused-ring (bicyclic) bond motifs is 1. The van der Waals surface area contributed by atoms with Crippen LogP contribution in [-0.4, -0.2) is 13.7 Å². The van der Waals surface area contributed by atoms with Gasteiger partial charge in [0.25, 0.3) is 0 Å². The number of halogens is 1.